The minimum atomic E-state index is -0.171. The molecule has 3 nitrogen and oxygen atoms in total. The van der Waals surface area contributed by atoms with Crippen LogP contribution in [0.15, 0.2) is 12.2 Å². The molecule has 0 bridgehead atoms. The van der Waals surface area contributed by atoms with E-state index < -0.39 is 0 Å². The monoisotopic (exact) mass is 200 g/mol. The highest BCUT2D eigenvalue weighted by Crippen LogP contribution is 2.11. The number of rotatable bonds is 7. The predicted octanol–water partition coefficient (Wildman–Crippen LogP) is 0.855. The van der Waals surface area contributed by atoms with Gasteiger partial charge in [0.05, 0.1) is 6.61 Å². The Hall–Kier alpha value is -0.380. The summed E-state index contributed by atoms with van der Waals surface area (Å²) < 4.78 is 0. The van der Waals surface area contributed by atoms with Crippen LogP contribution in [0.3, 0.4) is 0 Å². The average molecular weight is 200 g/mol. The van der Waals surface area contributed by atoms with E-state index in [0.717, 1.165) is 25.2 Å². The molecule has 0 saturated heterocycles. The van der Waals surface area contributed by atoms with Gasteiger partial charge in [0.1, 0.15) is 0 Å². The number of aliphatic hydroxyl groups excluding tert-OH is 1. The van der Waals surface area contributed by atoms with Gasteiger partial charge in [-0.1, -0.05) is 13.5 Å². The first kappa shape index (κ1) is 13.6. The van der Waals surface area contributed by atoms with Crippen molar-refractivity contribution in [2.45, 2.75) is 26.3 Å². The summed E-state index contributed by atoms with van der Waals surface area (Å²) in [6.45, 7) is 12.9. The lowest BCUT2D eigenvalue weighted by Gasteiger charge is -2.34. The zero-order valence-electron chi connectivity index (χ0n) is 9.93. The van der Waals surface area contributed by atoms with Crippen LogP contribution in [-0.2, 0) is 0 Å². The molecule has 0 atom stereocenters. The number of nitrogens with zero attached hydrogens (tertiary/aromatic N) is 1. The van der Waals surface area contributed by atoms with Crippen molar-refractivity contribution in [1.82, 2.24) is 10.2 Å². The molecule has 0 saturated carbocycles. The lowest BCUT2D eigenvalue weighted by Crippen LogP contribution is -2.45. The van der Waals surface area contributed by atoms with Gasteiger partial charge < -0.3 is 10.4 Å². The highest BCUT2D eigenvalue weighted by atomic mass is 16.3. The summed E-state index contributed by atoms with van der Waals surface area (Å²) in [7, 11) is 2.01. The summed E-state index contributed by atoms with van der Waals surface area (Å²) in [6, 6.07) is 0. The fraction of sp³-hybridized carbons (Fsp3) is 0.818. The molecule has 3 heteroatoms. The van der Waals surface area contributed by atoms with Crippen molar-refractivity contribution in [3.05, 3.63) is 12.2 Å². The zero-order valence-corrected chi connectivity index (χ0v) is 9.93. The second-order valence-corrected chi connectivity index (χ2v) is 4.36. The molecule has 0 aliphatic heterocycles. The van der Waals surface area contributed by atoms with E-state index in [1.165, 1.54) is 0 Å². The van der Waals surface area contributed by atoms with Gasteiger partial charge >= 0.3 is 0 Å². The maximum atomic E-state index is 9.17. The largest absolute Gasteiger partial charge is 0.394 e. The van der Waals surface area contributed by atoms with E-state index in [-0.39, 0.29) is 12.1 Å². The van der Waals surface area contributed by atoms with Crippen molar-refractivity contribution >= 4 is 0 Å². The van der Waals surface area contributed by atoms with Crippen molar-refractivity contribution in [2.24, 2.45) is 0 Å². The van der Waals surface area contributed by atoms with Crippen LogP contribution in [0.5, 0.6) is 0 Å². The summed E-state index contributed by atoms with van der Waals surface area (Å²) >= 11 is 0. The van der Waals surface area contributed by atoms with E-state index in [2.05, 4.69) is 23.7 Å². The summed E-state index contributed by atoms with van der Waals surface area (Å²) in [5.41, 5.74) is 0.977. The van der Waals surface area contributed by atoms with E-state index in [4.69, 9.17) is 5.11 Å². The number of nitrogens with one attached hydrogen (secondary N) is 1. The van der Waals surface area contributed by atoms with Crippen molar-refractivity contribution in [2.75, 3.05) is 33.3 Å². The molecule has 84 valence electrons. The van der Waals surface area contributed by atoms with Crippen LogP contribution < -0.4 is 5.32 Å². The highest BCUT2D eigenvalue weighted by molar-refractivity contribution is 5.01. The summed E-state index contributed by atoms with van der Waals surface area (Å²) in [6.07, 6.45) is 0. The molecule has 0 rings (SSSR count). The van der Waals surface area contributed by atoms with Crippen LogP contribution in [0.4, 0.5) is 0 Å². The minimum Gasteiger partial charge on any atom is -0.394 e. The molecule has 14 heavy (non-hydrogen) atoms. The van der Waals surface area contributed by atoms with Crippen molar-refractivity contribution in [1.29, 1.82) is 0 Å². The fourth-order valence-electron chi connectivity index (χ4n) is 1.03. The molecule has 0 unspecified atom stereocenters. The Morgan fingerprint density at radius 3 is 2.50 bits per heavy atom. The van der Waals surface area contributed by atoms with Gasteiger partial charge in [0, 0.05) is 18.6 Å². The fourth-order valence-corrected chi connectivity index (χ4v) is 1.03. The lowest BCUT2D eigenvalue weighted by molar-refractivity contribution is 0.0863. The molecule has 0 aromatic heterocycles. The van der Waals surface area contributed by atoms with Gasteiger partial charge in [0.15, 0.2) is 0 Å². The zero-order chi connectivity index (χ0) is 11.2. The van der Waals surface area contributed by atoms with E-state index in [1.807, 2.05) is 20.9 Å². The topological polar surface area (TPSA) is 35.5 Å². The van der Waals surface area contributed by atoms with Crippen molar-refractivity contribution in [3.8, 4) is 0 Å². The minimum absolute atomic E-state index is 0.165. The summed E-state index contributed by atoms with van der Waals surface area (Å²) in [5, 5.41) is 12.4. The number of hydrogen-bond acceptors (Lipinski definition) is 3. The van der Waals surface area contributed by atoms with Gasteiger partial charge in [-0.3, -0.25) is 4.90 Å². The first-order valence-electron chi connectivity index (χ1n) is 5.13. The quantitative estimate of drug-likeness (QED) is 0.598. The van der Waals surface area contributed by atoms with Crippen LogP contribution in [0.25, 0.3) is 0 Å². The van der Waals surface area contributed by atoms with Crippen LogP contribution in [0.2, 0.25) is 0 Å². The molecule has 0 heterocycles. The third kappa shape index (κ3) is 4.74. The average Bonchev–Trinajstić information content (AvgIpc) is 2.14. The van der Waals surface area contributed by atoms with Gasteiger partial charge in [0.2, 0.25) is 0 Å². The van der Waals surface area contributed by atoms with Crippen molar-refractivity contribution < 1.29 is 5.11 Å². The third-order valence-corrected chi connectivity index (χ3v) is 2.51. The van der Waals surface area contributed by atoms with Crippen LogP contribution in [-0.4, -0.2) is 48.8 Å². The standard InChI is InChI=1S/C11H24N2O/c1-6-12-7-10(2)8-13(5)11(3,4)9-14/h12,14H,2,6-9H2,1,3-5H3. The Labute approximate surface area is 87.8 Å². The molecule has 0 aliphatic carbocycles. The lowest BCUT2D eigenvalue weighted by atomic mass is 10.0. The SMILES string of the molecule is C=C(CNCC)CN(C)C(C)(C)CO. The molecule has 0 fully saturated rings. The van der Waals surface area contributed by atoms with E-state index in [0.29, 0.717) is 0 Å². The second kappa shape index (κ2) is 6.17. The smallest absolute Gasteiger partial charge is 0.0610 e. The second-order valence-electron chi connectivity index (χ2n) is 4.36. The van der Waals surface area contributed by atoms with E-state index in [1.54, 1.807) is 0 Å². The molecular formula is C11H24N2O. The Morgan fingerprint density at radius 2 is 2.07 bits per heavy atom. The van der Waals surface area contributed by atoms with Gasteiger partial charge in [-0.25, -0.2) is 0 Å². The number of likely N-dealkylation sites (N-methyl/N-ethyl adjacent to an activating group) is 2. The Bertz CT molecular complexity index is 178. The number of aliphatic hydroxyl groups is 1. The molecule has 0 aromatic carbocycles. The molecule has 0 aromatic rings. The maximum Gasteiger partial charge on any atom is 0.0610 e. The van der Waals surface area contributed by atoms with Gasteiger partial charge in [-0.15, -0.1) is 0 Å². The first-order valence-corrected chi connectivity index (χ1v) is 5.13. The molecule has 0 radical (unpaired) electrons. The molecule has 0 amide bonds. The van der Waals surface area contributed by atoms with Crippen molar-refractivity contribution in [3.63, 3.8) is 0 Å². The van der Waals surface area contributed by atoms with Crippen LogP contribution in [0.1, 0.15) is 20.8 Å². The Balaban J connectivity index is 3.93. The Kier molecular flexibility index (Phi) is 6.00. The van der Waals surface area contributed by atoms with Gasteiger partial charge in [0.25, 0.3) is 0 Å². The van der Waals surface area contributed by atoms with Gasteiger partial charge in [-0.2, -0.15) is 0 Å². The Morgan fingerprint density at radius 1 is 1.50 bits per heavy atom. The number of hydrogen-bond donors (Lipinski definition) is 2. The summed E-state index contributed by atoms with van der Waals surface area (Å²) in [5.74, 6) is 0. The predicted molar refractivity (Wildman–Crippen MR) is 61.5 cm³/mol. The maximum absolute atomic E-state index is 9.17. The van der Waals surface area contributed by atoms with Crippen LogP contribution >= 0.6 is 0 Å². The molecule has 0 spiro atoms. The highest BCUT2D eigenvalue weighted by Gasteiger charge is 2.22. The van der Waals surface area contributed by atoms with E-state index in [9.17, 15) is 0 Å². The first-order chi connectivity index (χ1) is 6.44. The summed E-state index contributed by atoms with van der Waals surface area (Å²) in [4.78, 5) is 2.12. The van der Waals surface area contributed by atoms with Gasteiger partial charge in [-0.05, 0) is 33.0 Å². The molecule has 2 N–H and O–H groups in total. The normalized spacial score (nSPS) is 12.1. The van der Waals surface area contributed by atoms with E-state index >= 15 is 0 Å². The molecule has 0 aliphatic rings. The van der Waals surface area contributed by atoms with Crippen LogP contribution in [0, 0.1) is 0 Å². The third-order valence-electron chi connectivity index (χ3n) is 2.51. The molecular weight excluding hydrogens is 176 g/mol.